The van der Waals surface area contributed by atoms with Gasteiger partial charge in [0.25, 0.3) is 0 Å². The highest BCUT2D eigenvalue weighted by Gasteiger charge is 2.26. The Morgan fingerprint density at radius 3 is 2.67 bits per heavy atom. The van der Waals surface area contributed by atoms with Gasteiger partial charge in [-0.25, -0.2) is 9.97 Å². The lowest BCUT2D eigenvalue weighted by Crippen LogP contribution is -2.31. The molecular weight excluding hydrogens is 340 g/mol. The third-order valence-corrected chi connectivity index (χ3v) is 5.28. The van der Waals surface area contributed by atoms with Crippen LogP contribution in [0.4, 0.5) is 0 Å². The Morgan fingerprint density at radius 1 is 1.22 bits per heavy atom. The lowest BCUT2D eigenvalue weighted by Gasteiger charge is -2.29. The number of methoxy groups -OCH3 is 1. The largest absolute Gasteiger partial charge is 0.384 e. The van der Waals surface area contributed by atoms with Crippen LogP contribution in [-0.4, -0.2) is 41.1 Å². The van der Waals surface area contributed by atoms with Crippen molar-refractivity contribution in [2.75, 3.05) is 20.3 Å². The van der Waals surface area contributed by atoms with E-state index in [1.807, 2.05) is 37.6 Å². The van der Waals surface area contributed by atoms with E-state index in [0.717, 1.165) is 54.9 Å². The Balaban J connectivity index is 1.61. The van der Waals surface area contributed by atoms with Crippen molar-refractivity contribution in [2.24, 2.45) is 5.92 Å². The standard InChI is InChI=1S/C21H28N4O2/c1-15-23-14-19(17-7-10-22-11-8-17)21(25-15)18-5-3-16(4-6-18)13-24-20(26)9-12-27-2/h7-8,10-11,14,16,18H,3-6,9,12-13H2,1-2H3,(H,24,26). The van der Waals surface area contributed by atoms with Crippen molar-refractivity contribution in [1.29, 1.82) is 0 Å². The maximum absolute atomic E-state index is 11.8. The Bertz CT molecular complexity index is 743. The molecule has 0 bridgehead atoms. The lowest BCUT2D eigenvalue weighted by atomic mass is 9.79. The minimum Gasteiger partial charge on any atom is -0.384 e. The molecule has 1 aliphatic rings. The summed E-state index contributed by atoms with van der Waals surface area (Å²) in [5, 5.41) is 3.04. The first kappa shape index (κ1) is 19.4. The number of hydrogen-bond acceptors (Lipinski definition) is 5. The van der Waals surface area contributed by atoms with Gasteiger partial charge >= 0.3 is 0 Å². The molecule has 6 nitrogen and oxygen atoms in total. The number of nitrogens with one attached hydrogen (secondary N) is 1. The van der Waals surface area contributed by atoms with E-state index in [9.17, 15) is 4.79 Å². The summed E-state index contributed by atoms with van der Waals surface area (Å²) in [6.45, 7) is 3.18. The topological polar surface area (TPSA) is 77.0 Å². The van der Waals surface area contributed by atoms with Crippen LogP contribution in [0.2, 0.25) is 0 Å². The van der Waals surface area contributed by atoms with Gasteiger partial charge in [0.1, 0.15) is 5.82 Å². The predicted molar refractivity (Wildman–Crippen MR) is 104 cm³/mol. The van der Waals surface area contributed by atoms with E-state index >= 15 is 0 Å². The molecule has 1 fully saturated rings. The van der Waals surface area contributed by atoms with Gasteiger partial charge in [-0.15, -0.1) is 0 Å². The van der Waals surface area contributed by atoms with Crippen LogP contribution in [0.5, 0.6) is 0 Å². The van der Waals surface area contributed by atoms with Crippen LogP contribution in [0.3, 0.4) is 0 Å². The normalized spacial score (nSPS) is 19.6. The van der Waals surface area contributed by atoms with E-state index < -0.39 is 0 Å². The molecule has 27 heavy (non-hydrogen) atoms. The van der Waals surface area contributed by atoms with Crippen molar-refractivity contribution in [3.05, 3.63) is 42.2 Å². The summed E-state index contributed by atoms with van der Waals surface area (Å²) in [5.41, 5.74) is 3.38. The van der Waals surface area contributed by atoms with E-state index in [1.165, 1.54) is 0 Å². The number of ether oxygens (including phenoxy) is 1. The van der Waals surface area contributed by atoms with Gasteiger partial charge in [-0.3, -0.25) is 9.78 Å². The summed E-state index contributed by atoms with van der Waals surface area (Å²) in [6.07, 6.45) is 10.4. The third-order valence-electron chi connectivity index (χ3n) is 5.28. The van der Waals surface area contributed by atoms with Gasteiger partial charge in [0, 0.05) is 50.1 Å². The summed E-state index contributed by atoms with van der Waals surface area (Å²) < 4.78 is 4.95. The second-order valence-corrected chi connectivity index (χ2v) is 7.22. The fourth-order valence-corrected chi connectivity index (χ4v) is 3.73. The van der Waals surface area contributed by atoms with Gasteiger partial charge in [-0.2, -0.15) is 0 Å². The first-order chi connectivity index (χ1) is 13.2. The molecule has 1 amide bonds. The second-order valence-electron chi connectivity index (χ2n) is 7.22. The van der Waals surface area contributed by atoms with Gasteiger partial charge in [0.2, 0.25) is 5.91 Å². The summed E-state index contributed by atoms with van der Waals surface area (Å²) in [5.74, 6) is 1.87. The fourth-order valence-electron chi connectivity index (χ4n) is 3.73. The second kappa shape index (κ2) is 9.55. The summed E-state index contributed by atoms with van der Waals surface area (Å²) in [7, 11) is 1.61. The molecule has 0 saturated heterocycles. The zero-order valence-electron chi connectivity index (χ0n) is 16.1. The molecule has 1 aliphatic carbocycles. The maximum Gasteiger partial charge on any atom is 0.222 e. The number of pyridine rings is 1. The van der Waals surface area contributed by atoms with Crippen molar-refractivity contribution in [1.82, 2.24) is 20.3 Å². The highest BCUT2D eigenvalue weighted by atomic mass is 16.5. The molecule has 3 rings (SSSR count). The number of aromatic nitrogens is 3. The average Bonchev–Trinajstić information content (AvgIpc) is 2.71. The Morgan fingerprint density at radius 2 is 1.96 bits per heavy atom. The zero-order valence-corrected chi connectivity index (χ0v) is 16.1. The van der Waals surface area contributed by atoms with Crippen molar-refractivity contribution >= 4 is 5.91 Å². The molecule has 144 valence electrons. The van der Waals surface area contributed by atoms with Crippen molar-refractivity contribution in [2.45, 2.75) is 44.9 Å². The summed E-state index contributed by atoms with van der Waals surface area (Å²) >= 11 is 0. The van der Waals surface area contributed by atoms with E-state index in [2.05, 4.69) is 15.3 Å². The highest BCUT2D eigenvalue weighted by molar-refractivity contribution is 5.75. The molecule has 0 unspecified atom stereocenters. The summed E-state index contributed by atoms with van der Waals surface area (Å²) in [6, 6.07) is 4.03. The molecule has 0 aliphatic heterocycles. The molecule has 0 radical (unpaired) electrons. The number of carbonyl (C=O) groups excluding carboxylic acids is 1. The van der Waals surface area contributed by atoms with Crippen molar-refractivity contribution < 1.29 is 9.53 Å². The minimum atomic E-state index is 0.0744. The Kier molecular flexibility index (Phi) is 6.87. The maximum atomic E-state index is 11.8. The quantitative estimate of drug-likeness (QED) is 0.812. The molecule has 0 spiro atoms. The SMILES string of the molecule is COCCC(=O)NCC1CCC(c2nc(C)ncc2-c2ccncc2)CC1. The number of rotatable bonds is 7. The van der Waals surface area contributed by atoms with Gasteiger partial charge in [-0.1, -0.05) is 0 Å². The third kappa shape index (κ3) is 5.32. The number of amides is 1. The van der Waals surface area contributed by atoms with Crippen LogP contribution < -0.4 is 5.32 Å². The van der Waals surface area contributed by atoms with Gasteiger partial charge in [0.15, 0.2) is 0 Å². The highest BCUT2D eigenvalue weighted by Crippen LogP contribution is 2.38. The minimum absolute atomic E-state index is 0.0744. The molecule has 1 N–H and O–H groups in total. The number of nitrogens with zero attached hydrogens (tertiary/aromatic N) is 3. The molecule has 1 saturated carbocycles. The zero-order chi connectivity index (χ0) is 19.1. The molecule has 2 aromatic rings. The predicted octanol–water partition coefficient (Wildman–Crippen LogP) is 3.27. The van der Waals surface area contributed by atoms with Crippen LogP contribution in [-0.2, 0) is 9.53 Å². The van der Waals surface area contributed by atoms with Crippen LogP contribution >= 0.6 is 0 Å². The fraction of sp³-hybridized carbons (Fsp3) is 0.524. The molecule has 2 heterocycles. The van der Waals surface area contributed by atoms with Crippen molar-refractivity contribution in [3.8, 4) is 11.1 Å². The molecule has 0 atom stereocenters. The van der Waals surface area contributed by atoms with Gasteiger partial charge in [-0.05, 0) is 56.2 Å². The van der Waals surface area contributed by atoms with Gasteiger partial charge in [0.05, 0.1) is 12.3 Å². The lowest BCUT2D eigenvalue weighted by molar-refractivity contribution is -0.122. The van der Waals surface area contributed by atoms with E-state index in [0.29, 0.717) is 24.9 Å². The average molecular weight is 368 g/mol. The number of aryl methyl sites for hydroxylation is 1. The Hall–Kier alpha value is -2.34. The smallest absolute Gasteiger partial charge is 0.222 e. The van der Waals surface area contributed by atoms with Crippen LogP contribution in [0, 0.1) is 12.8 Å². The van der Waals surface area contributed by atoms with Crippen molar-refractivity contribution in [3.63, 3.8) is 0 Å². The molecule has 2 aromatic heterocycles. The first-order valence-corrected chi connectivity index (χ1v) is 9.67. The number of hydrogen-bond donors (Lipinski definition) is 1. The first-order valence-electron chi connectivity index (χ1n) is 9.67. The Labute approximate surface area is 160 Å². The summed E-state index contributed by atoms with van der Waals surface area (Å²) in [4.78, 5) is 25.1. The number of carbonyl (C=O) groups is 1. The van der Waals surface area contributed by atoms with Gasteiger partial charge < -0.3 is 10.1 Å². The monoisotopic (exact) mass is 368 g/mol. The van der Waals surface area contributed by atoms with E-state index in [-0.39, 0.29) is 5.91 Å². The molecule has 0 aromatic carbocycles. The van der Waals surface area contributed by atoms with Crippen LogP contribution in [0.15, 0.2) is 30.7 Å². The van der Waals surface area contributed by atoms with Crippen LogP contribution in [0.1, 0.15) is 49.5 Å². The van der Waals surface area contributed by atoms with E-state index in [1.54, 1.807) is 7.11 Å². The van der Waals surface area contributed by atoms with Crippen LogP contribution in [0.25, 0.3) is 11.1 Å². The molecule has 6 heteroatoms. The van der Waals surface area contributed by atoms with E-state index in [4.69, 9.17) is 9.72 Å². The molecular formula is C21H28N4O2.